The smallest absolute Gasteiger partial charge is 0.406 e. The average Bonchev–Trinajstić information content (AvgIpc) is 3.50. The normalized spacial score (nSPS) is 17.0. The minimum Gasteiger partial charge on any atom is -0.406 e. The van der Waals surface area contributed by atoms with Crippen molar-refractivity contribution in [3.05, 3.63) is 90.3 Å². The van der Waals surface area contributed by atoms with E-state index in [-0.39, 0.29) is 23.6 Å². The Kier molecular flexibility index (Phi) is 10.3. The van der Waals surface area contributed by atoms with Gasteiger partial charge in [0.1, 0.15) is 12.1 Å². The predicted molar refractivity (Wildman–Crippen MR) is 173 cm³/mol. The fourth-order valence-electron chi connectivity index (χ4n) is 5.29. The number of benzene rings is 3. The van der Waals surface area contributed by atoms with Crippen molar-refractivity contribution in [1.82, 2.24) is 14.8 Å². The molecule has 45 heavy (non-hydrogen) atoms. The lowest BCUT2D eigenvalue weighted by atomic mass is 9.97. The van der Waals surface area contributed by atoms with E-state index in [1.807, 2.05) is 30.3 Å². The molecule has 1 aliphatic rings. The lowest BCUT2D eigenvalue weighted by Gasteiger charge is -2.36. The fraction of sp³-hybridized carbons (Fsp3) is 0.353. The number of amides is 1. The number of hydrogen-bond acceptors (Lipinski definition) is 5. The van der Waals surface area contributed by atoms with Crippen LogP contribution in [0.25, 0.3) is 17.1 Å². The van der Waals surface area contributed by atoms with Crippen LogP contribution in [-0.4, -0.2) is 44.0 Å². The first-order valence-electron chi connectivity index (χ1n) is 15.1. The summed E-state index contributed by atoms with van der Waals surface area (Å²) < 4.78 is 42.7. The van der Waals surface area contributed by atoms with Crippen molar-refractivity contribution in [2.45, 2.75) is 65.3 Å². The lowest BCUT2D eigenvalue weighted by molar-refractivity contribution is -0.274. The number of amidine groups is 1. The number of rotatable bonds is 10. The number of thioether (sulfide) groups is 1. The molecule has 7 nitrogen and oxygen atoms in total. The molecule has 0 saturated carbocycles. The zero-order valence-electron chi connectivity index (χ0n) is 25.5. The Morgan fingerprint density at radius 3 is 2.53 bits per heavy atom. The quantitative estimate of drug-likeness (QED) is 0.175. The number of aryl methyl sites for hydroxylation is 2. The summed E-state index contributed by atoms with van der Waals surface area (Å²) in [6.45, 7) is 6.43. The van der Waals surface area contributed by atoms with Crippen LogP contribution in [0.3, 0.4) is 0 Å². The summed E-state index contributed by atoms with van der Waals surface area (Å²) in [6.07, 6.45) is 0.800. The first kappa shape index (κ1) is 32.3. The zero-order chi connectivity index (χ0) is 32.0. The molecule has 0 aliphatic carbocycles. The summed E-state index contributed by atoms with van der Waals surface area (Å²) >= 11 is 1.66. The van der Waals surface area contributed by atoms with Gasteiger partial charge in [-0.1, -0.05) is 68.1 Å². The molecule has 5 rings (SSSR count). The van der Waals surface area contributed by atoms with E-state index >= 15 is 0 Å². The maximum Gasteiger partial charge on any atom is 0.573 e. The number of carbonyl (C=O) groups excluding carboxylic acids is 1. The van der Waals surface area contributed by atoms with Gasteiger partial charge in [-0.3, -0.25) is 4.79 Å². The number of nitrogens with zero attached hydrogens (tertiary/aromatic N) is 5. The molecule has 0 radical (unpaired) electrons. The largest absolute Gasteiger partial charge is 0.573 e. The molecule has 1 amide bonds. The van der Waals surface area contributed by atoms with Crippen LogP contribution < -0.4 is 9.64 Å². The summed E-state index contributed by atoms with van der Waals surface area (Å²) in [5, 5.41) is 5.26. The highest BCUT2D eigenvalue weighted by molar-refractivity contribution is 8.14. The van der Waals surface area contributed by atoms with Gasteiger partial charge in [0.15, 0.2) is 11.0 Å². The van der Waals surface area contributed by atoms with Gasteiger partial charge in [-0.25, -0.2) is 9.67 Å². The molecule has 11 heteroatoms. The molecule has 3 aromatic carbocycles. The molecular formula is C34H36F3N5O2S. The number of halogens is 3. The van der Waals surface area contributed by atoms with Crippen LogP contribution in [0.15, 0.2) is 84.1 Å². The number of aromatic nitrogens is 3. The number of ether oxygens (including phenoxy) is 1. The number of para-hydroxylation sites is 1. The van der Waals surface area contributed by atoms with Crippen LogP contribution in [0.1, 0.15) is 51.2 Å². The Morgan fingerprint density at radius 2 is 1.82 bits per heavy atom. The maximum atomic E-state index is 13.1. The Balaban J connectivity index is 1.15. The predicted octanol–water partition coefficient (Wildman–Crippen LogP) is 8.27. The van der Waals surface area contributed by atoms with Crippen LogP contribution >= 0.6 is 11.8 Å². The fourth-order valence-corrected chi connectivity index (χ4v) is 6.51. The van der Waals surface area contributed by atoms with Crippen LogP contribution in [-0.2, 0) is 17.6 Å². The van der Waals surface area contributed by atoms with Crippen LogP contribution in [0, 0.1) is 5.92 Å². The van der Waals surface area contributed by atoms with Crippen molar-refractivity contribution < 1.29 is 22.7 Å². The van der Waals surface area contributed by atoms with Crippen molar-refractivity contribution in [2.75, 3.05) is 10.7 Å². The molecule has 0 bridgehead atoms. The Hall–Kier alpha value is -4.12. The average molecular weight is 636 g/mol. The van der Waals surface area contributed by atoms with Crippen LogP contribution in [0.2, 0.25) is 0 Å². The minimum absolute atomic E-state index is 0.0855. The molecule has 2 unspecified atom stereocenters. The molecule has 1 aliphatic heterocycles. The van der Waals surface area contributed by atoms with Gasteiger partial charge in [-0.2, -0.15) is 4.99 Å². The summed E-state index contributed by atoms with van der Waals surface area (Å²) in [7, 11) is 0. The third-order valence-electron chi connectivity index (χ3n) is 7.75. The third-order valence-corrected chi connectivity index (χ3v) is 8.74. The number of alkyl halides is 3. The topological polar surface area (TPSA) is 72.6 Å². The van der Waals surface area contributed by atoms with Gasteiger partial charge in [0.05, 0.1) is 5.69 Å². The van der Waals surface area contributed by atoms with Gasteiger partial charge in [-0.15, -0.1) is 18.3 Å². The minimum atomic E-state index is -4.74. The van der Waals surface area contributed by atoms with Gasteiger partial charge in [0.25, 0.3) is 0 Å². The SMILES string of the molecule is CCc1ccccc1N1C(=NC(=O)CC(C)CCc2ccc(-c3ncn(-c4ccc(OC(F)(F)F)cc4)n3)cc2)SCCC1C. The van der Waals surface area contributed by atoms with E-state index in [0.29, 0.717) is 17.9 Å². The number of anilines is 1. The lowest BCUT2D eigenvalue weighted by Crippen LogP contribution is -2.42. The standard InChI is InChI=1S/C34H36F3N5O2S/c1-4-26-7-5-6-8-30(26)42-24(3)19-20-45-33(42)39-31(43)21-23(2)9-10-25-11-13-27(14-12-25)32-38-22-41(40-32)28-15-17-29(18-16-28)44-34(35,36)37/h5-8,11-18,22-24H,4,9-10,19-21H2,1-3H3. The molecular weight excluding hydrogens is 599 g/mol. The number of hydrogen-bond donors (Lipinski definition) is 0. The van der Waals surface area contributed by atoms with Crippen molar-refractivity contribution in [2.24, 2.45) is 10.9 Å². The monoisotopic (exact) mass is 635 g/mol. The molecule has 2 heterocycles. The zero-order valence-corrected chi connectivity index (χ0v) is 26.3. The van der Waals surface area contributed by atoms with E-state index in [9.17, 15) is 18.0 Å². The van der Waals surface area contributed by atoms with Crippen molar-refractivity contribution in [3.63, 3.8) is 0 Å². The van der Waals surface area contributed by atoms with Crippen molar-refractivity contribution >= 4 is 28.5 Å². The molecule has 1 aromatic heterocycles. The molecule has 4 aromatic rings. The highest BCUT2D eigenvalue weighted by atomic mass is 32.2. The second-order valence-electron chi connectivity index (χ2n) is 11.2. The molecule has 1 fully saturated rings. The maximum absolute atomic E-state index is 13.1. The Bertz CT molecular complexity index is 1620. The van der Waals surface area contributed by atoms with Crippen molar-refractivity contribution in [1.29, 1.82) is 0 Å². The first-order valence-corrected chi connectivity index (χ1v) is 16.1. The van der Waals surface area contributed by atoms with Gasteiger partial charge >= 0.3 is 6.36 Å². The summed E-state index contributed by atoms with van der Waals surface area (Å²) in [5.41, 5.74) is 4.91. The second-order valence-corrected chi connectivity index (χ2v) is 12.3. The van der Waals surface area contributed by atoms with E-state index in [4.69, 9.17) is 0 Å². The van der Waals surface area contributed by atoms with Crippen LogP contribution in [0.4, 0.5) is 18.9 Å². The number of aliphatic imine (C=N–C) groups is 1. The number of carbonyl (C=O) groups is 1. The van der Waals surface area contributed by atoms with E-state index < -0.39 is 6.36 Å². The van der Waals surface area contributed by atoms with E-state index in [0.717, 1.165) is 53.4 Å². The molecule has 0 spiro atoms. The van der Waals surface area contributed by atoms with Crippen LogP contribution in [0.5, 0.6) is 5.75 Å². The summed E-state index contributed by atoms with van der Waals surface area (Å²) in [5.74, 6) is 1.24. The molecule has 2 atom stereocenters. The van der Waals surface area contributed by atoms with Gasteiger partial charge < -0.3 is 9.64 Å². The Labute approximate surface area is 265 Å². The molecule has 1 saturated heterocycles. The Morgan fingerprint density at radius 1 is 1.09 bits per heavy atom. The van der Waals surface area contributed by atoms with E-state index in [1.54, 1.807) is 11.8 Å². The molecule has 236 valence electrons. The highest BCUT2D eigenvalue weighted by Gasteiger charge is 2.31. The summed E-state index contributed by atoms with van der Waals surface area (Å²) in [6, 6.07) is 22.0. The molecule has 0 N–H and O–H groups in total. The van der Waals surface area contributed by atoms with Gasteiger partial charge in [0, 0.05) is 29.5 Å². The second kappa shape index (κ2) is 14.3. The van der Waals surface area contributed by atoms with Gasteiger partial charge in [-0.05, 0) is 80.0 Å². The first-order chi connectivity index (χ1) is 21.6. The van der Waals surface area contributed by atoms with Gasteiger partial charge in [0.2, 0.25) is 5.91 Å². The summed E-state index contributed by atoms with van der Waals surface area (Å²) in [4.78, 5) is 24.2. The van der Waals surface area contributed by atoms with Crippen molar-refractivity contribution in [3.8, 4) is 22.8 Å². The third kappa shape index (κ3) is 8.54. The van der Waals surface area contributed by atoms with E-state index in [1.165, 1.54) is 40.8 Å². The highest BCUT2D eigenvalue weighted by Crippen LogP contribution is 2.32. The van der Waals surface area contributed by atoms with E-state index in [2.05, 4.69) is 63.7 Å².